The van der Waals surface area contributed by atoms with Crippen LogP contribution in [0.4, 0.5) is 0 Å². The summed E-state index contributed by atoms with van der Waals surface area (Å²) in [5, 5.41) is 20.5. The zero-order chi connectivity index (χ0) is 21.0. The van der Waals surface area contributed by atoms with E-state index >= 15 is 0 Å². The Kier molecular flexibility index (Phi) is 6.60. The van der Waals surface area contributed by atoms with Crippen molar-refractivity contribution in [2.75, 3.05) is 20.0 Å². The Labute approximate surface area is 177 Å². The number of hydrogen-bond donors (Lipinski definition) is 0. The van der Waals surface area contributed by atoms with Crippen LogP contribution in [0.3, 0.4) is 0 Å². The third-order valence-corrected chi connectivity index (χ3v) is 5.10. The lowest BCUT2D eigenvalue weighted by Crippen LogP contribution is -2.04. The smallest absolute Gasteiger partial charge is 0.189 e. The lowest BCUT2D eigenvalue weighted by molar-refractivity contribution is 0.0800. The number of ether oxygens (including phenoxy) is 2. The van der Waals surface area contributed by atoms with Gasteiger partial charge in [-0.3, -0.25) is 0 Å². The van der Waals surface area contributed by atoms with Crippen LogP contribution < -0.4 is 4.74 Å². The van der Waals surface area contributed by atoms with E-state index in [2.05, 4.69) is 22.1 Å². The average Bonchev–Trinajstić information content (AvgIpc) is 3.10. The number of fused-ring (bicyclic) bond motifs is 1. The molecule has 0 unspecified atom stereocenters. The largest absolute Gasteiger partial charge is 0.495 e. The molecule has 7 nitrogen and oxygen atoms in total. The molecule has 0 fully saturated rings. The lowest BCUT2D eigenvalue weighted by Gasteiger charge is -2.12. The van der Waals surface area contributed by atoms with Gasteiger partial charge in [0.05, 0.1) is 34.3 Å². The van der Waals surface area contributed by atoms with Crippen molar-refractivity contribution in [2.45, 2.75) is 25.2 Å². The molecule has 2 aromatic heterocycles. The molecule has 0 atom stereocenters. The van der Waals surface area contributed by atoms with Crippen molar-refractivity contribution in [3.05, 3.63) is 34.5 Å². The van der Waals surface area contributed by atoms with Crippen molar-refractivity contribution < 1.29 is 9.47 Å². The van der Waals surface area contributed by atoms with E-state index in [9.17, 15) is 10.5 Å². The SMILES string of the molecule is CCCOCn1cc(C#N)c2c(-c3cc(OC)c(C#N)cc3Cl)nc(SC)nc21. The fourth-order valence-electron chi connectivity index (χ4n) is 2.93. The van der Waals surface area contributed by atoms with Crippen LogP contribution >= 0.6 is 23.4 Å². The fraction of sp³-hybridized carbons (Fsp3) is 0.300. The predicted octanol–water partition coefficient (Wildman–Crippen LogP) is 4.61. The first-order valence-electron chi connectivity index (χ1n) is 8.78. The molecule has 0 radical (unpaired) electrons. The second kappa shape index (κ2) is 9.15. The molecule has 0 bridgehead atoms. The van der Waals surface area contributed by atoms with Crippen molar-refractivity contribution in [1.29, 1.82) is 10.5 Å². The normalized spacial score (nSPS) is 10.7. The van der Waals surface area contributed by atoms with Gasteiger partial charge in [0, 0.05) is 18.4 Å². The van der Waals surface area contributed by atoms with E-state index in [4.69, 9.17) is 21.1 Å². The van der Waals surface area contributed by atoms with Crippen molar-refractivity contribution in [3.8, 4) is 29.1 Å². The number of halogens is 1. The summed E-state index contributed by atoms with van der Waals surface area (Å²) in [6.07, 6.45) is 4.47. The number of aromatic nitrogens is 3. The predicted molar refractivity (Wildman–Crippen MR) is 112 cm³/mol. The minimum Gasteiger partial charge on any atom is -0.495 e. The van der Waals surface area contributed by atoms with Gasteiger partial charge in [0.2, 0.25) is 0 Å². The first-order valence-corrected chi connectivity index (χ1v) is 10.4. The molecular formula is C20H18ClN5O2S. The van der Waals surface area contributed by atoms with Crippen LogP contribution in [0.5, 0.6) is 5.75 Å². The van der Waals surface area contributed by atoms with E-state index < -0.39 is 0 Å². The van der Waals surface area contributed by atoms with Crippen molar-refractivity contribution in [1.82, 2.24) is 14.5 Å². The Morgan fingerprint density at radius 2 is 1.97 bits per heavy atom. The van der Waals surface area contributed by atoms with Gasteiger partial charge in [-0.05, 0) is 24.8 Å². The van der Waals surface area contributed by atoms with E-state index in [-0.39, 0.29) is 6.73 Å². The van der Waals surface area contributed by atoms with Crippen LogP contribution in [0.25, 0.3) is 22.3 Å². The fourth-order valence-corrected chi connectivity index (χ4v) is 3.55. The van der Waals surface area contributed by atoms with E-state index in [0.29, 0.717) is 56.0 Å². The van der Waals surface area contributed by atoms with Crippen LogP contribution in [0.2, 0.25) is 5.02 Å². The van der Waals surface area contributed by atoms with Crippen LogP contribution in [0, 0.1) is 22.7 Å². The third-order valence-electron chi connectivity index (χ3n) is 4.24. The average molecular weight is 428 g/mol. The van der Waals surface area contributed by atoms with Gasteiger partial charge in [0.1, 0.15) is 30.3 Å². The molecule has 0 saturated heterocycles. The second-order valence-electron chi connectivity index (χ2n) is 6.06. The van der Waals surface area contributed by atoms with Gasteiger partial charge in [-0.2, -0.15) is 10.5 Å². The molecular weight excluding hydrogens is 410 g/mol. The summed E-state index contributed by atoms with van der Waals surface area (Å²) in [7, 11) is 1.49. The quantitative estimate of drug-likeness (QED) is 0.308. The van der Waals surface area contributed by atoms with E-state index in [1.54, 1.807) is 16.8 Å². The summed E-state index contributed by atoms with van der Waals surface area (Å²) >= 11 is 7.87. The van der Waals surface area contributed by atoms with E-state index in [0.717, 1.165) is 6.42 Å². The standard InChI is InChI=1S/C20H18ClN5O2S/c1-4-5-28-11-26-10-13(9-23)17-18(24-20(29-3)25-19(17)26)14-7-16(27-2)12(8-22)6-15(14)21/h6-7,10H,4-5,11H2,1-3H3. The van der Waals surface area contributed by atoms with Gasteiger partial charge >= 0.3 is 0 Å². The summed E-state index contributed by atoms with van der Waals surface area (Å²) < 4.78 is 12.8. The molecule has 0 aliphatic rings. The highest BCUT2D eigenvalue weighted by atomic mass is 35.5. The first kappa shape index (κ1) is 20.9. The van der Waals surface area contributed by atoms with E-state index in [1.165, 1.54) is 24.9 Å². The lowest BCUT2D eigenvalue weighted by atomic mass is 10.0. The molecule has 9 heteroatoms. The minimum atomic E-state index is 0.278. The highest BCUT2D eigenvalue weighted by Gasteiger charge is 2.21. The number of nitriles is 2. The highest BCUT2D eigenvalue weighted by molar-refractivity contribution is 7.98. The number of nitrogens with zero attached hydrogens (tertiary/aromatic N) is 5. The molecule has 29 heavy (non-hydrogen) atoms. The number of benzene rings is 1. The summed E-state index contributed by atoms with van der Waals surface area (Å²) in [5.74, 6) is 0.383. The Morgan fingerprint density at radius 3 is 2.59 bits per heavy atom. The van der Waals surface area contributed by atoms with Gasteiger partial charge in [-0.1, -0.05) is 30.3 Å². The first-order chi connectivity index (χ1) is 14.1. The van der Waals surface area contributed by atoms with Gasteiger partial charge in [-0.15, -0.1) is 0 Å². The molecule has 0 spiro atoms. The van der Waals surface area contributed by atoms with Crippen molar-refractivity contribution in [3.63, 3.8) is 0 Å². The van der Waals surface area contributed by atoms with Gasteiger partial charge < -0.3 is 14.0 Å². The Balaban J connectivity index is 2.31. The maximum atomic E-state index is 9.70. The Hall–Kier alpha value is -2.78. The molecule has 1 aromatic carbocycles. The highest BCUT2D eigenvalue weighted by Crippen LogP contribution is 2.38. The summed E-state index contributed by atoms with van der Waals surface area (Å²) in [6.45, 7) is 2.91. The third kappa shape index (κ3) is 4.01. The Morgan fingerprint density at radius 1 is 1.21 bits per heavy atom. The molecule has 0 amide bonds. The van der Waals surface area contributed by atoms with Crippen LogP contribution in [0.15, 0.2) is 23.5 Å². The van der Waals surface area contributed by atoms with Gasteiger partial charge in [-0.25, -0.2) is 9.97 Å². The molecule has 0 aliphatic heterocycles. The molecule has 0 N–H and O–H groups in total. The van der Waals surface area contributed by atoms with Crippen LogP contribution in [-0.4, -0.2) is 34.5 Å². The zero-order valence-corrected chi connectivity index (χ0v) is 17.8. The maximum Gasteiger partial charge on any atom is 0.189 e. The topological polar surface area (TPSA) is 96.8 Å². The monoisotopic (exact) mass is 427 g/mol. The summed E-state index contributed by atoms with van der Waals surface area (Å²) in [4.78, 5) is 9.21. The summed E-state index contributed by atoms with van der Waals surface area (Å²) in [5.41, 5.74) is 2.41. The number of methoxy groups -OCH3 is 1. The van der Waals surface area contributed by atoms with Gasteiger partial charge in [0.15, 0.2) is 5.16 Å². The van der Waals surface area contributed by atoms with Crippen molar-refractivity contribution in [2.24, 2.45) is 0 Å². The number of thioether (sulfide) groups is 1. The number of rotatable bonds is 7. The molecule has 0 aliphatic carbocycles. The Bertz CT molecular complexity index is 1150. The molecule has 148 valence electrons. The maximum absolute atomic E-state index is 9.70. The van der Waals surface area contributed by atoms with Gasteiger partial charge in [0.25, 0.3) is 0 Å². The minimum absolute atomic E-state index is 0.278. The van der Waals surface area contributed by atoms with E-state index in [1.807, 2.05) is 13.2 Å². The van der Waals surface area contributed by atoms with Crippen LogP contribution in [0.1, 0.15) is 24.5 Å². The molecule has 2 heterocycles. The number of hydrogen-bond acceptors (Lipinski definition) is 7. The molecule has 3 rings (SSSR count). The molecule has 3 aromatic rings. The zero-order valence-electron chi connectivity index (χ0n) is 16.2. The summed E-state index contributed by atoms with van der Waals surface area (Å²) in [6, 6.07) is 7.47. The molecule has 0 saturated carbocycles. The second-order valence-corrected chi connectivity index (χ2v) is 7.24. The van der Waals surface area contributed by atoms with Crippen LogP contribution in [-0.2, 0) is 11.5 Å². The van der Waals surface area contributed by atoms with Crippen molar-refractivity contribution >= 4 is 34.4 Å².